The second kappa shape index (κ2) is 4.45. The molecule has 80 valence electrons. The molecule has 15 heavy (non-hydrogen) atoms. The number of hydrazone groups is 1. The molecule has 1 aromatic carbocycles. The van der Waals surface area contributed by atoms with E-state index < -0.39 is 6.03 Å². The number of carbonyl (C=O) groups is 1. The van der Waals surface area contributed by atoms with E-state index in [4.69, 9.17) is 5.73 Å². The van der Waals surface area contributed by atoms with Gasteiger partial charge < -0.3 is 10.8 Å². The van der Waals surface area contributed by atoms with Crippen molar-refractivity contribution in [2.45, 2.75) is 13.8 Å². The summed E-state index contributed by atoms with van der Waals surface area (Å²) in [4.78, 5) is 10.3. The van der Waals surface area contributed by atoms with Crippen LogP contribution in [0.25, 0.3) is 0 Å². The largest absolute Gasteiger partial charge is 0.507 e. The van der Waals surface area contributed by atoms with Crippen LogP contribution in [0.1, 0.15) is 16.7 Å². The van der Waals surface area contributed by atoms with Gasteiger partial charge in [0.25, 0.3) is 0 Å². The Morgan fingerprint density at radius 1 is 1.47 bits per heavy atom. The molecule has 0 atom stereocenters. The molecule has 5 nitrogen and oxygen atoms in total. The van der Waals surface area contributed by atoms with Crippen molar-refractivity contribution in [3.63, 3.8) is 0 Å². The number of hydrogen-bond donors (Lipinski definition) is 3. The highest BCUT2D eigenvalue weighted by molar-refractivity contribution is 5.82. The second-order valence-corrected chi connectivity index (χ2v) is 3.24. The number of aryl methyl sites for hydroxylation is 2. The quantitative estimate of drug-likeness (QED) is 0.499. The van der Waals surface area contributed by atoms with Gasteiger partial charge in [-0.15, -0.1) is 0 Å². The zero-order valence-electron chi connectivity index (χ0n) is 8.61. The first-order valence-electron chi connectivity index (χ1n) is 4.39. The van der Waals surface area contributed by atoms with Crippen molar-refractivity contribution in [3.05, 3.63) is 28.8 Å². The maximum atomic E-state index is 10.3. The lowest BCUT2D eigenvalue weighted by molar-refractivity contribution is 0.249. The topological polar surface area (TPSA) is 87.7 Å². The molecule has 0 fully saturated rings. The van der Waals surface area contributed by atoms with Gasteiger partial charge in [0.2, 0.25) is 0 Å². The van der Waals surface area contributed by atoms with E-state index in [-0.39, 0.29) is 5.75 Å². The molecule has 1 rings (SSSR count). The number of amides is 2. The van der Waals surface area contributed by atoms with Gasteiger partial charge >= 0.3 is 6.03 Å². The molecule has 0 spiro atoms. The number of nitrogens with two attached hydrogens (primary N) is 1. The second-order valence-electron chi connectivity index (χ2n) is 3.24. The minimum Gasteiger partial charge on any atom is -0.507 e. The minimum absolute atomic E-state index is 0.273. The van der Waals surface area contributed by atoms with Crippen molar-refractivity contribution in [1.29, 1.82) is 0 Å². The van der Waals surface area contributed by atoms with E-state index in [0.29, 0.717) is 0 Å². The van der Waals surface area contributed by atoms with Crippen molar-refractivity contribution < 1.29 is 9.90 Å². The van der Waals surface area contributed by atoms with Crippen LogP contribution in [0.5, 0.6) is 5.75 Å². The van der Waals surface area contributed by atoms with Crippen LogP contribution in [0.2, 0.25) is 0 Å². The lowest BCUT2D eigenvalue weighted by Gasteiger charge is -2.04. The molecule has 0 heterocycles. The molecule has 0 bridgehead atoms. The molecule has 1 aromatic rings. The average molecular weight is 207 g/mol. The zero-order chi connectivity index (χ0) is 11.4. The van der Waals surface area contributed by atoms with E-state index in [0.717, 1.165) is 16.7 Å². The fraction of sp³-hybridized carbons (Fsp3) is 0.200. The van der Waals surface area contributed by atoms with Crippen molar-refractivity contribution in [2.75, 3.05) is 0 Å². The van der Waals surface area contributed by atoms with Gasteiger partial charge in [0, 0.05) is 0 Å². The Balaban J connectivity index is 2.87. The van der Waals surface area contributed by atoms with Gasteiger partial charge in [-0.25, -0.2) is 10.2 Å². The molecule has 2 amide bonds. The van der Waals surface area contributed by atoms with Gasteiger partial charge in [-0.05, 0) is 42.7 Å². The van der Waals surface area contributed by atoms with Gasteiger partial charge in [-0.3, -0.25) is 0 Å². The SMILES string of the molecule is Cc1cc(C=NNC(N)=O)cc(C)c1O. The summed E-state index contributed by atoms with van der Waals surface area (Å²) in [6, 6.07) is 2.81. The standard InChI is InChI=1S/C10H13N3O2/c1-6-3-8(4-7(2)9(6)14)5-12-13-10(11)15/h3-5,14H,1-2H3,(H3,11,13,15). The number of phenolic OH excluding ortho intramolecular Hbond substituents is 1. The van der Waals surface area contributed by atoms with Gasteiger partial charge in [-0.2, -0.15) is 5.10 Å². The summed E-state index contributed by atoms with van der Waals surface area (Å²) in [5.74, 6) is 0.273. The van der Waals surface area contributed by atoms with Gasteiger partial charge in [-0.1, -0.05) is 0 Å². The molecule has 5 heteroatoms. The predicted octanol–water partition coefficient (Wildman–Crippen LogP) is 1.01. The molecule has 0 saturated heterocycles. The van der Waals surface area contributed by atoms with Gasteiger partial charge in [0.05, 0.1) is 6.21 Å². The molecule has 0 unspecified atom stereocenters. The Bertz CT molecular complexity index is 390. The van der Waals surface area contributed by atoms with E-state index >= 15 is 0 Å². The van der Waals surface area contributed by atoms with Crippen molar-refractivity contribution in [1.82, 2.24) is 5.43 Å². The van der Waals surface area contributed by atoms with Crippen molar-refractivity contribution >= 4 is 12.2 Å². The summed E-state index contributed by atoms with van der Waals surface area (Å²) >= 11 is 0. The van der Waals surface area contributed by atoms with Crippen LogP contribution in [0, 0.1) is 13.8 Å². The fourth-order valence-electron chi connectivity index (χ4n) is 1.23. The first-order valence-corrected chi connectivity index (χ1v) is 4.39. The highest BCUT2D eigenvalue weighted by atomic mass is 16.3. The van der Waals surface area contributed by atoms with E-state index in [1.54, 1.807) is 26.0 Å². The monoisotopic (exact) mass is 207 g/mol. The number of aromatic hydroxyl groups is 1. The van der Waals surface area contributed by atoms with E-state index in [1.165, 1.54) is 6.21 Å². The molecule has 0 saturated carbocycles. The number of nitrogens with zero attached hydrogens (tertiary/aromatic N) is 1. The third-order valence-electron chi connectivity index (χ3n) is 1.90. The molecule has 0 aliphatic heterocycles. The lowest BCUT2D eigenvalue weighted by Crippen LogP contribution is -2.24. The number of benzene rings is 1. The minimum atomic E-state index is -0.710. The molecule has 0 aliphatic rings. The maximum Gasteiger partial charge on any atom is 0.332 e. The number of nitrogens with one attached hydrogen (secondary N) is 1. The first kappa shape index (κ1) is 11.0. The number of rotatable bonds is 2. The molecule has 4 N–H and O–H groups in total. The normalized spacial score (nSPS) is 10.5. The number of phenols is 1. The molecule has 0 aliphatic carbocycles. The van der Waals surface area contributed by atoms with Crippen LogP contribution in [-0.2, 0) is 0 Å². The van der Waals surface area contributed by atoms with E-state index in [1.807, 2.05) is 0 Å². The average Bonchev–Trinajstić information content (AvgIpc) is 2.13. The highest BCUT2D eigenvalue weighted by Crippen LogP contribution is 2.21. The smallest absolute Gasteiger partial charge is 0.332 e. The predicted molar refractivity (Wildman–Crippen MR) is 57.9 cm³/mol. The van der Waals surface area contributed by atoms with Crippen LogP contribution in [0.3, 0.4) is 0 Å². The van der Waals surface area contributed by atoms with E-state index in [9.17, 15) is 9.90 Å². The van der Waals surface area contributed by atoms with Crippen LogP contribution < -0.4 is 11.2 Å². The Morgan fingerprint density at radius 2 is 2.00 bits per heavy atom. The molecule has 0 radical (unpaired) electrons. The summed E-state index contributed by atoms with van der Waals surface area (Å²) in [5, 5.41) is 13.1. The number of primary amides is 1. The zero-order valence-corrected chi connectivity index (χ0v) is 8.61. The third-order valence-corrected chi connectivity index (χ3v) is 1.90. The van der Waals surface area contributed by atoms with Gasteiger partial charge in [0.15, 0.2) is 0 Å². The summed E-state index contributed by atoms with van der Waals surface area (Å²) in [5.41, 5.74) is 9.24. The van der Waals surface area contributed by atoms with Gasteiger partial charge in [0.1, 0.15) is 5.75 Å². The van der Waals surface area contributed by atoms with Crippen LogP contribution in [0.15, 0.2) is 17.2 Å². The number of carbonyl (C=O) groups excluding carboxylic acids is 1. The van der Waals surface area contributed by atoms with E-state index in [2.05, 4.69) is 10.5 Å². The maximum absolute atomic E-state index is 10.3. The Hall–Kier alpha value is -2.04. The highest BCUT2D eigenvalue weighted by Gasteiger charge is 2.01. The van der Waals surface area contributed by atoms with Crippen LogP contribution >= 0.6 is 0 Å². The lowest BCUT2D eigenvalue weighted by atomic mass is 10.1. The fourth-order valence-corrected chi connectivity index (χ4v) is 1.23. The first-order chi connectivity index (χ1) is 7.00. The Kier molecular flexibility index (Phi) is 3.28. The van der Waals surface area contributed by atoms with Crippen molar-refractivity contribution in [2.24, 2.45) is 10.8 Å². The Morgan fingerprint density at radius 3 is 2.47 bits per heavy atom. The summed E-state index contributed by atoms with van der Waals surface area (Å²) < 4.78 is 0. The number of hydrogen-bond acceptors (Lipinski definition) is 3. The summed E-state index contributed by atoms with van der Waals surface area (Å²) in [6.07, 6.45) is 1.46. The van der Waals surface area contributed by atoms with Crippen LogP contribution in [-0.4, -0.2) is 17.4 Å². The number of urea groups is 1. The molecular weight excluding hydrogens is 194 g/mol. The van der Waals surface area contributed by atoms with Crippen molar-refractivity contribution in [3.8, 4) is 5.75 Å². The molecule has 0 aromatic heterocycles. The Labute approximate surface area is 87.6 Å². The summed E-state index contributed by atoms with van der Waals surface area (Å²) in [7, 11) is 0. The van der Waals surface area contributed by atoms with Crippen LogP contribution in [0.4, 0.5) is 4.79 Å². The summed E-state index contributed by atoms with van der Waals surface area (Å²) in [6.45, 7) is 3.59. The molecular formula is C10H13N3O2. The third kappa shape index (κ3) is 2.98.